The van der Waals surface area contributed by atoms with Crippen LogP contribution in [-0.4, -0.2) is 32.3 Å². The van der Waals surface area contributed by atoms with Crippen molar-refractivity contribution in [3.05, 3.63) is 89.6 Å². The predicted octanol–water partition coefficient (Wildman–Crippen LogP) is 4.77. The van der Waals surface area contributed by atoms with Crippen molar-refractivity contribution in [3.8, 4) is 11.1 Å². The predicted molar refractivity (Wildman–Crippen MR) is 120 cm³/mol. The van der Waals surface area contributed by atoms with E-state index in [0.29, 0.717) is 19.0 Å². The molecule has 1 amide bonds. The summed E-state index contributed by atoms with van der Waals surface area (Å²) in [5.41, 5.74) is 6.74. The second kappa shape index (κ2) is 7.27. The van der Waals surface area contributed by atoms with Gasteiger partial charge in [-0.05, 0) is 54.3 Å². The van der Waals surface area contributed by atoms with Crippen LogP contribution in [0.15, 0.2) is 67.0 Å². The number of aromatic nitrogens is 3. The number of benzene rings is 1. The summed E-state index contributed by atoms with van der Waals surface area (Å²) in [5, 5.41) is 1.13. The fourth-order valence-electron chi connectivity index (χ4n) is 4.41. The fraction of sp³-hybridized carbons (Fsp3) is 0.231. The first-order valence-corrected chi connectivity index (χ1v) is 10.8. The van der Waals surface area contributed by atoms with Crippen molar-refractivity contribution >= 4 is 16.8 Å². The van der Waals surface area contributed by atoms with E-state index in [1.165, 1.54) is 12.8 Å². The standard InChI is InChI=1S/C26H22N4O/c31-26-25-21(19-9-12-27-23(15-19)18-5-6-18)10-13-28-24(25)16-30(26)14-11-20-8-7-17-3-1-2-4-22(17)29-20/h1-4,7-10,12-13,15,18H,5-6,11,14,16H2. The molecule has 1 fully saturated rings. The first kappa shape index (κ1) is 18.2. The highest BCUT2D eigenvalue weighted by Gasteiger charge is 2.32. The summed E-state index contributed by atoms with van der Waals surface area (Å²) in [4.78, 5) is 29.0. The van der Waals surface area contributed by atoms with Crippen LogP contribution in [-0.2, 0) is 13.0 Å². The zero-order valence-corrected chi connectivity index (χ0v) is 17.2. The van der Waals surface area contributed by atoms with Crippen molar-refractivity contribution in [1.29, 1.82) is 0 Å². The van der Waals surface area contributed by atoms with E-state index < -0.39 is 0 Å². The van der Waals surface area contributed by atoms with Crippen molar-refractivity contribution in [2.45, 2.75) is 31.7 Å². The minimum absolute atomic E-state index is 0.0590. The summed E-state index contributed by atoms with van der Waals surface area (Å²) < 4.78 is 0. The largest absolute Gasteiger partial charge is 0.332 e. The monoisotopic (exact) mass is 406 g/mol. The van der Waals surface area contributed by atoms with Crippen LogP contribution in [0.3, 0.4) is 0 Å². The van der Waals surface area contributed by atoms with Crippen LogP contribution < -0.4 is 0 Å². The lowest BCUT2D eigenvalue weighted by Gasteiger charge is -2.15. The summed E-state index contributed by atoms with van der Waals surface area (Å²) in [5.74, 6) is 0.639. The van der Waals surface area contributed by atoms with E-state index in [2.05, 4.69) is 34.2 Å². The smallest absolute Gasteiger partial charge is 0.256 e. The van der Waals surface area contributed by atoms with Gasteiger partial charge in [-0.25, -0.2) is 0 Å². The van der Waals surface area contributed by atoms with Crippen LogP contribution in [0.2, 0.25) is 0 Å². The van der Waals surface area contributed by atoms with Crippen LogP contribution in [0.25, 0.3) is 22.0 Å². The number of hydrogen-bond acceptors (Lipinski definition) is 4. The van der Waals surface area contributed by atoms with E-state index in [9.17, 15) is 4.79 Å². The third kappa shape index (κ3) is 3.36. The molecule has 0 saturated heterocycles. The van der Waals surface area contributed by atoms with Crippen LogP contribution >= 0.6 is 0 Å². The molecule has 5 heteroatoms. The lowest BCUT2D eigenvalue weighted by Crippen LogP contribution is -2.26. The Balaban J connectivity index is 1.25. The highest BCUT2D eigenvalue weighted by atomic mass is 16.2. The number of amides is 1. The average molecular weight is 406 g/mol. The summed E-state index contributed by atoms with van der Waals surface area (Å²) in [7, 11) is 0. The van der Waals surface area contributed by atoms with E-state index in [1.807, 2.05) is 47.6 Å². The zero-order valence-electron chi connectivity index (χ0n) is 17.2. The minimum atomic E-state index is 0.0590. The molecule has 4 heterocycles. The lowest BCUT2D eigenvalue weighted by atomic mass is 9.99. The Hall–Kier alpha value is -3.60. The lowest BCUT2D eigenvalue weighted by molar-refractivity contribution is 0.0780. The molecule has 0 N–H and O–H groups in total. The quantitative estimate of drug-likeness (QED) is 0.479. The van der Waals surface area contributed by atoms with Gasteiger partial charge in [0.15, 0.2) is 0 Å². The molecule has 1 aromatic carbocycles. The molecule has 152 valence electrons. The van der Waals surface area contributed by atoms with Gasteiger partial charge in [0.25, 0.3) is 5.91 Å². The third-order valence-corrected chi connectivity index (χ3v) is 6.25. The summed E-state index contributed by atoms with van der Waals surface area (Å²) in [6.07, 6.45) is 6.81. The Labute approximate surface area is 180 Å². The number of rotatable bonds is 5. The van der Waals surface area contributed by atoms with Crippen LogP contribution in [0.1, 0.15) is 46.2 Å². The van der Waals surface area contributed by atoms with Gasteiger partial charge in [-0.3, -0.25) is 19.7 Å². The van der Waals surface area contributed by atoms with Crippen molar-refractivity contribution < 1.29 is 4.79 Å². The van der Waals surface area contributed by atoms with Crippen LogP contribution in [0.5, 0.6) is 0 Å². The zero-order chi connectivity index (χ0) is 20.8. The van der Waals surface area contributed by atoms with Gasteiger partial charge in [-0.15, -0.1) is 0 Å². The van der Waals surface area contributed by atoms with Gasteiger partial charge in [0.05, 0.1) is 23.3 Å². The minimum Gasteiger partial charge on any atom is -0.332 e. The van der Waals surface area contributed by atoms with Gasteiger partial charge in [0.1, 0.15) is 0 Å². The van der Waals surface area contributed by atoms with E-state index in [4.69, 9.17) is 4.98 Å². The molecule has 31 heavy (non-hydrogen) atoms. The van der Waals surface area contributed by atoms with Crippen molar-refractivity contribution in [2.75, 3.05) is 6.54 Å². The third-order valence-electron chi connectivity index (χ3n) is 6.25. The van der Waals surface area contributed by atoms with Crippen LogP contribution in [0, 0.1) is 0 Å². The van der Waals surface area contributed by atoms with E-state index in [1.54, 1.807) is 0 Å². The van der Waals surface area contributed by atoms with Crippen molar-refractivity contribution in [2.24, 2.45) is 0 Å². The Kier molecular flexibility index (Phi) is 4.27. The Bertz CT molecular complexity index is 1310. The topological polar surface area (TPSA) is 59.0 Å². The Morgan fingerprint density at radius 3 is 2.74 bits per heavy atom. The second-order valence-electron chi connectivity index (χ2n) is 8.40. The molecule has 0 radical (unpaired) electrons. The molecule has 3 aromatic heterocycles. The molecule has 0 atom stereocenters. The highest BCUT2D eigenvalue weighted by Crippen LogP contribution is 2.40. The first-order valence-electron chi connectivity index (χ1n) is 10.8. The van der Waals surface area contributed by atoms with Gasteiger partial charge in [0.2, 0.25) is 0 Å². The number of fused-ring (bicyclic) bond motifs is 2. The molecule has 5 nitrogen and oxygen atoms in total. The van der Waals surface area contributed by atoms with Gasteiger partial charge < -0.3 is 4.90 Å². The number of carbonyl (C=O) groups is 1. The second-order valence-corrected chi connectivity index (χ2v) is 8.40. The van der Waals surface area contributed by atoms with Crippen molar-refractivity contribution in [3.63, 3.8) is 0 Å². The maximum absolute atomic E-state index is 13.3. The number of hydrogen-bond donors (Lipinski definition) is 0. The first-order chi connectivity index (χ1) is 15.3. The van der Waals surface area contributed by atoms with E-state index in [0.717, 1.165) is 51.1 Å². The van der Waals surface area contributed by atoms with Crippen molar-refractivity contribution in [1.82, 2.24) is 19.9 Å². The van der Waals surface area contributed by atoms with E-state index in [-0.39, 0.29) is 5.91 Å². The molecule has 1 aliphatic carbocycles. The van der Waals surface area contributed by atoms with E-state index >= 15 is 0 Å². The van der Waals surface area contributed by atoms with Crippen LogP contribution in [0.4, 0.5) is 0 Å². The molecule has 1 saturated carbocycles. The number of para-hydroxylation sites is 1. The highest BCUT2D eigenvalue weighted by molar-refractivity contribution is 6.04. The van der Waals surface area contributed by atoms with Gasteiger partial charge in [-0.2, -0.15) is 0 Å². The SMILES string of the molecule is O=C1c2c(-c3ccnc(C4CC4)c3)ccnc2CN1CCc1ccc2ccccc2n1. The van der Waals surface area contributed by atoms with Gasteiger partial charge in [0, 0.05) is 48.1 Å². The van der Waals surface area contributed by atoms with Gasteiger partial charge in [-0.1, -0.05) is 24.3 Å². The Morgan fingerprint density at radius 2 is 1.84 bits per heavy atom. The fourth-order valence-corrected chi connectivity index (χ4v) is 4.41. The molecule has 0 unspecified atom stereocenters. The molecule has 6 rings (SSSR count). The molecule has 0 bridgehead atoms. The molecule has 1 aliphatic heterocycles. The molecule has 4 aromatic rings. The summed E-state index contributed by atoms with van der Waals surface area (Å²) in [6.45, 7) is 1.18. The normalized spacial score (nSPS) is 15.5. The number of carbonyl (C=O) groups excluding carboxylic acids is 1. The summed E-state index contributed by atoms with van der Waals surface area (Å²) in [6, 6.07) is 18.3. The molecular weight excluding hydrogens is 384 g/mol. The maximum atomic E-state index is 13.3. The summed E-state index contributed by atoms with van der Waals surface area (Å²) >= 11 is 0. The number of nitrogens with zero attached hydrogens (tertiary/aromatic N) is 4. The Morgan fingerprint density at radius 1 is 0.968 bits per heavy atom. The van der Waals surface area contributed by atoms with Gasteiger partial charge >= 0.3 is 0 Å². The maximum Gasteiger partial charge on any atom is 0.256 e. The molecular formula is C26H22N4O. The average Bonchev–Trinajstić information content (AvgIpc) is 3.62. The molecule has 2 aliphatic rings. The molecule has 0 spiro atoms. The number of pyridine rings is 3.